The smallest absolute Gasteiger partial charge is 0.287 e. The van der Waals surface area contributed by atoms with Crippen molar-refractivity contribution >= 4 is 27.2 Å². The molecule has 9 heteroatoms. The molecule has 0 saturated carbocycles. The molecule has 2 saturated heterocycles. The van der Waals surface area contributed by atoms with Crippen molar-refractivity contribution in [1.82, 2.24) is 19.6 Å². The number of carbonyl (C=O) groups is 2. The van der Waals surface area contributed by atoms with E-state index in [1.165, 1.54) is 0 Å². The van der Waals surface area contributed by atoms with Gasteiger partial charge in [-0.15, -0.1) is 0 Å². The topological polar surface area (TPSA) is 101 Å². The maximum Gasteiger partial charge on any atom is 0.287 e. The van der Waals surface area contributed by atoms with Gasteiger partial charge in [0.1, 0.15) is 0 Å². The summed E-state index contributed by atoms with van der Waals surface area (Å²) in [5.74, 6) is -0.493. The van der Waals surface area contributed by atoms with Crippen LogP contribution in [0.3, 0.4) is 0 Å². The van der Waals surface area contributed by atoms with Crippen molar-refractivity contribution in [3.05, 3.63) is 35.9 Å². The fraction of sp³-hybridized carbons (Fsp3) is 0.500. The fourth-order valence-electron chi connectivity index (χ4n) is 3.76. The van der Waals surface area contributed by atoms with E-state index in [0.29, 0.717) is 25.0 Å². The fourth-order valence-corrected chi connectivity index (χ4v) is 5.43. The minimum absolute atomic E-state index is 0.0540. The molecule has 1 N–H and O–H groups in total. The molecular formula is C18H22N4O4S. The van der Waals surface area contributed by atoms with E-state index >= 15 is 0 Å². The Morgan fingerprint density at radius 3 is 2.63 bits per heavy atom. The molecule has 4 heterocycles. The van der Waals surface area contributed by atoms with Crippen molar-refractivity contribution in [3.8, 4) is 0 Å². The number of carbonyl (C=O) groups excluding carboxylic acids is 2. The van der Waals surface area contributed by atoms with Crippen LogP contribution in [0.15, 0.2) is 24.4 Å². The van der Waals surface area contributed by atoms with Crippen molar-refractivity contribution in [2.75, 3.05) is 24.6 Å². The highest BCUT2D eigenvalue weighted by Gasteiger charge is 2.31. The van der Waals surface area contributed by atoms with Crippen molar-refractivity contribution in [2.24, 2.45) is 0 Å². The predicted octanol–water partition coefficient (Wildman–Crippen LogP) is 0.877. The van der Waals surface area contributed by atoms with E-state index in [-0.39, 0.29) is 28.9 Å². The summed E-state index contributed by atoms with van der Waals surface area (Å²) in [6.45, 7) is 1.40. The highest BCUT2D eigenvalue weighted by atomic mass is 32.2. The van der Waals surface area contributed by atoms with Gasteiger partial charge in [0.15, 0.2) is 15.5 Å². The van der Waals surface area contributed by atoms with Crippen LogP contribution in [0.5, 0.6) is 0 Å². The predicted molar refractivity (Wildman–Crippen MR) is 99.5 cm³/mol. The second-order valence-electron chi connectivity index (χ2n) is 7.17. The monoisotopic (exact) mass is 390 g/mol. The summed E-state index contributed by atoms with van der Waals surface area (Å²) >= 11 is 0. The quantitative estimate of drug-likeness (QED) is 0.838. The molecule has 0 bridgehead atoms. The van der Waals surface area contributed by atoms with Crippen molar-refractivity contribution in [3.63, 3.8) is 0 Å². The summed E-state index contributed by atoms with van der Waals surface area (Å²) < 4.78 is 24.8. The third-order valence-corrected chi connectivity index (χ3v) is 6.93. The van der Waals surface area contributed by atoms with Crippen LogP contribution in [0.2, 0.25) is 0 Å². The van der Waals surface area contributed by atoms with E-state index in [0.717, 1.165) is 19.3 Å². The standard InChI is InChI=1S/C18H22N4O4S/c23-17(19-13-7-11-27(25,26)12-13)16-20-15(14-6-2-5-10-22(14)16)18(24)21-8-3-1-4-9-21/h2,5-6,10,13H,1,3-4,7-9,11-12H2,(H,19,23). The number of amides is 2. The van der Waals surface area contributed by atoms with Crippen LogP contribution in [-0.4, -0.2) is 65.2 Å². The summed E-state index contributed by atoms with van der Waals surface area (Å²) in [7, 11) is -3.09. The van der Waals surface area contributed by atoms with E-state index in [2.05, 4.69) is 10.3 Å². The number of hydrogen-bond donors (Lipinski definition) is 1. The average Bonchev–Trinajstić information content (AvgIpc) is 3.22. The molecule has 0 aromatic carbocycles. The Labute approximate surface area is 157 Å². The van der Waals surface area contributed by atoms with Crippen molar-refractivity contribution in [1.29, 1.82) is 0 Å². The number of rotatable bonds is 3. The molecule has 0 aliphatic carbocycles. The molecule has 2 fully saturated rings. The first-order valence-electron chi connectivity index (χ1n) is 9.22. The van der Waals surface area contributed by atoms with Crippen LogP contribution >= 0.6 is 0 Å². The molecule has 1 unspecified atom stereocenters. The molecule has 0 radical (unpaired) electrons. The summed E-state index contributed by atoms with van der Waals surface area (Å²) in [5, 5.41) is 2.75. The maximum absolute atomic E-state index is 12.9. The van der Waals surface area contributed by atoms with Gasteiger partial charge < -0.3 is 10.2 Å². The average molecular weight is 390 g/mol. The van der Waals surface area contributed by atoms with Gasteiger partial charge in [0, 0.05) is 25.3 Å². The second kappa shape index (κ2) is 6.95. The van der Waals surface area contributed by atoms with Crippen LogP contribution in [0, 0.1) is 0 Å². The van der Waals surface area contributed by atoms with Gasteiger partial charge in [-0.05, 0) is 37.8 Å². The lowest BCUT2D eigenvalue weighted by molar-refractivity contribution is 0.0721. The number of piperidine rings is 1. The normalized spacial score (nSPS) is 22.1. The lowest BCUT2D eigenvalue weighted by Gasteiger charge is -2.25. The van der Waals surface area contributed by atoms with Crippen LogP contribution < -0.4 is 5.32 Å². The van der Waals surface area contributed by atoms with Gasteiger partial charge in [0.2, 0.25) is 5.82 Å². The van der Waals surface area contributed by atoms with Crippen LogP contribution in [-0.2, 0) is 9.84 Å². The Morgan fingerprint density at radius 2 is 1.93 bits per heavy atom. The lowest BCUT2D eigenvalue weighted by atomic mass is 10.1. The number of imidazole rings is 1. The molecule has 4 rings (SSSR count). The molecule has 2 aromatic heterocycles. The number of nitrogens with one attached hydrogen (secondary N) is 1. The largest absolute Gasteiger partial charge is 0.346 e. The summed E-state index contributed by atoms with van der Waals surface area (Å²) in [6.07, 6.45) is 5.15. The number of fused-ring (bicyclic) bond motifs is 1. The van der Waals surface area contributed by atoms with Gasteiger partial charge in [-0.2, -0.15) is 0 Å². The number of aromatic nitrogens is 2. The molecule has 2 aliphatic heterocycles. The zero-order valence-electron chi connectivity index (χ0n) is 14.9. The first kappa shape index (κ1) is 18.0. The Morgan fingerprint density at radius 1 is 1.15 bits per heavy atom. The molecule has 0 spiro atoms. The third kappa shape index (κ3) is 3.55. The first-order valence-corrected chi connectivity index (χ1v) is 11.0. The van der Waals surface area contributed by atoms with Gasteiger partial charge in [-0.1, -0.05) is 6.07 Å². The SMILES string of the molecule is O=C(NC1CCS(=O)(=O)C1)c1nc(C(=O)N2CCCCC2)c2ccccn12. The Bertz CT molecular complexity index is 992. The van der Waals surface area contributed by atoms with Gasteiger partial charge in [0.05, 0.1) is 17.0 Å². The van der Waals surface area contributed by atoms with E-state index in [9.17, 15) is 18.0 Å². The van der Waals surface area contributed by atoms with E-state index in [1.54, 1.807) is 33.7 Å². The minimum atomic E-state index is -3.09. The summed E-state index contributed by atoms with van der Waals surface area (Å²) in [4.78, 5) is 31.8. The highest BCUT2D eigenvalue weighted by molar-refractivity contribution is 7.91. The Kier molecular flexibility index (Phi) is 4.63. The van der Waals surface area contributed by atoms with Gasteiger partial charge in [-0.3, -0.25) is 14.0 Å². The highest BCUT2D eigenvalue weighted by Crippen LogP contribution is 2.19. The zero-order chi connectivity index (χ0) is 19.0. The zero-order valence-corrected chi connectivity index (χ0v) is 15.7. The van der Waals surface area contributed by atoms with E-state index in [1.807, 2.05) is 0 Å². The summed E-state index contributed by atoms with van der Waals surface area (Å²) in [6, 6.07) is 4.91. The van der Waals surface area contributed by atoms with E-state index in [4.69, 9.17) is 0 Å². The molecular weight excluding hydrogens is 368 g/mol. The van der Waals surface area contributed by atoms with Crippen LogP contribution in [0.4, 0.5) is 0 Å². The van der Waals surface area contributed by atoms with Crippen LogP contribution in [0.25, 0.3) is 5.52 Å². The van der Waals surface area contributed by atoms with Crippen molar-refractivity contribution in [2.45, 2.75) is 31.7 Å². The molecule has 8 nitrogen and oxygen atoms in total. The number of sulfone groups is 1. The van der Waals surface area contributed by atoms with Gasteiger partial charge in [-0.25, -0.2) is 13.4 Å². The Hall–Kier alpha value is -2.42. The van der Waals surface area contributed by atoms with Crippen molar-refractivity contribution < 1.29 is 18.0 Å². The molecule has 144 valence electrons. The molecule has 1 atom stereocenters. The van der Waals surface area contributed by atoms with Gasteiger partial charge >= 0.3 is 0 Å². The molecule has 27 heavy (non-hydrogen) atoms. The summed E-state index contributed by atoms with van der Waals surface area (Å²) in [5.41, 5.74) is 0.846. The molecule has 2 aromatic rings. The molecule has 2 amide bonds. The third-order valence-electron chi connectivity index (χ3n) is 5.16. The number of hydrogen-bond acceptors (Lipinski definition) is 5. The van der Waals surface area contributed by atoms with E-state index < -0.39 is 21.8 Å². The second-order valence-corrected chi connectivity index (χ2v) is 9.39. The minimum Gasteiger partial charge on any atom is -0.346 e. The number of likely N-dealkylation sites (tertiary alicyclic amines) is 1. The maximum atomic E-state index is 12.9. The number of nitrogens with zero attached hydrogens (tertiary/aromatic N) is 3. The number of pyridine rings is 1. The molecule has 2 aliphatic rings. The first-order chi connectivity index (χ1) is 12.9. The van der Waals surface area contributed by atoms with Gasteiger partial charge in [0.25, 0.3) is 11.8 Å². The Balaban J connectivity index is 1.63. The van der Waals surface area contributed by atoms with Crippen LogP contribution in [0.1, 0.15) is 46.8 Å². The lowest BCUT2D eigenvalue weighted by Crippen LogP contribution is -2.37.